The highest BCUT2D eigenvalue weighted by Crippen LogP contribution is 2.38. The Kier molecular flexibility index (Phi) is 2.42. The molecule has 0 aliphatic rings. The molecule has 0 amide bonds. The molecule has 9 nitrogen and oxygen atoms in total. The zero-order chi connectivity index (χ0) is 10.3. The third-order valence-corrected chi connectivity index (χ3v) is 3.02. The maximum absolute atomic E-state index is 10.6. The number of hydrogen-bond donors (Lipinski definition) is 5. The van der Waals surface area contributed by atoms with Gasteiger partial charge >= 0.3 is 15.2 Å². The van der Waals surface area contributed by atoms with Gasteiger partial charge in [0.1, 0.15) is 0 Å². The van der Waals surface area contributed by atoms with Crippen LogP contribution in [0.15, 0.2) is 0 Å². The van der Waals surface area contributed by atoms with E-state index in [1.807, 2.05) is 0 Å². The second-order valence-corrected chi connectivity index (χ2v) is 5.12. The summed E-state index contributed by atoms with van der Waals surface area (Å²) in [7, 11) is -9.58. The van der Waals surface area contributed by atoms with E-state index >= 15 is 0 Å². The Labute approximate surface area is 71.1 Å². The van der Waals surface area contributed by atoms with Gasteiger partial charge in [-0.25, -0.2) is 5.10 Å². The third kappa shape index (κ3) is 2.22. The molecule has 0 radical (unpaired) electrons. The van der Waals surface area contributed by atoms with Crippen molar-refractivity contribution in [2.45, 2.75) is 0 Å². The van der Waals surface area contributed by atoms with E-state index in [2.05, 4.69) is 10.3 Å². The Morgan fingerprint density at radius 3 is 1.92 bits per heavy atom. The number of H-pyrrole nitrogens is 1. The van der Waals surface area contributed by atoms with Crippen LogP contribution in [-0.4, -0.2) is 35.0 Å². The molecule has 0 aromatic carbocycles. The molecule has 0 aliphatic carbocycles. The highest BCUT2D eigenvalue weighted by Gasteiger charge is 2.34. The van der Waals surface area contributed by atoms with Gasteiger partial charge in [0.2, 0.25) is 5.44 Å². The van der Waals surface area contributed by atoms with Crippen LogP contribution < -0.4 is 10.9 Å². The summed E-state index contributed by atoms with van der Waals surface area (Å²) in [5.41, 5.74) is -1.98. The van der Waals surface area contributed by atoms with E-state index in [9.17, 15) is 9.13 Å². The summed E-state index contributed by atoms with van der Waals surface area (Å²) in [5.74, 6) is 0. The Balaban J connectivity index is 3.35. The molecule has 0 fully saturated rings. The van der Waals surface area contributed by atoms with Crippen LogP contribution in [0.3, 0.4) is 0 Å². The quantitative estimate of drug-likeness (QED) is 0.345. The van der Waals surface area contributed by atoms with Gasteiger partial charge in [-0.15, -0.1) is 5.10 Å². The zero-order valence-electron chi connectivity index (χ0n) is 5.89. The molecule has 1 aromatic rings. The first-order valence-electron chi connectivity index (χ1n) is 2.76. The topological polar surface area (TPSA) is 157 Å². The predicted octanol–water partition coefficient (Wildman–Crippen LogP) is -2.59. The van der Waals surface area contributed by atoms with E-state index in [1.54, 1.807) is 5.10 Å². The average Bonchev–Trinajstić information content (AvgIpc) is 2.27. The third-order valence-electron chi connectivity index (χ3n) is 1.08. The number of aromatic nitrogens is 3. The first kappa shape index (κ1) is 10.5. The Morgan fingerprint density at radius 2 is 1.62 bits per heavy atom. The summed E-state index contributed by atoms with van der Waals surface area (Å²) in [6.45, 7) is 0. The van der Waals surface area contributed by atoms with Crippen molar-refractivity contribution in [3.05, 3.63) is 0 Å². The summed E-state index contributed by atoms with van der Waals surface area (Å²) in [4.78, 5) is 34.3. The molecule has 1 heterocycles. The van der Waals surface area contributed by atoms with E-state index in [0.29, 0.717) is 0 Å². The number of nitrogens with zero attached hydrogens (tertiary/aromatic N) is 2. The maximum atomic E-state index is 10.6. The van der Waals surface area contributed by atoms with Crippen LogP contribution in [0.5, 0.6) is 0 Å². The summed E-state index contributed by atoms with van der Waals surface area (Å²) >= 11 is 0. The van der Waals surface area contributed by atoms with E-state index in [0.717, 1.165) is 0 Å². The molecule has 0 bridgehead atoms. The van der Waals surface area contributed by atoms with Gasteiger partial charge in [-0.2, -0.15) is 0 Å². The fourth-order valence-corrected chi connectivity index (χ4v) is 2.36. The lowest BCUT2D eigenvalue weighted by Crippen LogP contribution is -2.25. The Morgan fingerprint density at radius 1 is 1.08 bits per heavy atom. The second kappa shape index (κ2) is 2.98. The smallest absolute Gasteiger partial charge is 0.320 e. The zero-order valence-corrected chi connectivity index (χ0v) is 7.68. The van der Waals surface area contributed by atoms with Crippen molar-refractivity contribution < 1.29 is 28.7 Å². The van der Waals surface area contributed by atoms with Crippen LogP contribution in [0.25, 0.3) is 0 Å². The summed E-state index contributed by atoms with van der Waals surface area (Å²) in [5, 5.41) is 7.52. The van der Waals surface area contributed by atoms with E-state index in [1.165, 1.54) is 0 Å². The van der Waals surface area contributed by atoms with E-state index in [4.69, 9.17) is 19.6 Å². The van der Waals surface area contributed by atoms with Gasteiger partial charge in [-0.05, 0) is 0 Å². The lowest BCUT2D eigenvalue weighted by Gasteiger charge is -2.03. The van der Waals surface area contributed by atoms with Crippen molar-refractivity contribution in [1.82, 2.24) is 15.4 Å². The monoisotopic (exact) mass is 229 g/mol. The molecule has 0 saturated heterocycles. The first-order valence-corrected chi connectivity index (χ1v) is 5.98. The fraction of sp³-hybridized carbons (Fsp3) is 0. The molecular formula is C2H5N3O6P2. The normalized spacial score (nSPS) is 13.2. The molecule has 0 saturated carbocycles. The molecule has 1 rings (SSSR count). The lowest BCUT2D eigenvalue weighted by atomic mass is 10.9. The van der Waals surface area contributed by atoms with E-state index in [-0.39, 0.29) is 0 Å². The number of hydrogen-bond acceptors (Lipinski definition) is 4. The largest absolute Gasteiger partial charge is 0.378 e. The SMILES string of the molecule is O=P(O)(O)c1nn[nH]c1P(=O)(O)O. The molecule has 0 spiro atoms. The maximum Gasteiger partial charge on any atom is 0.378 e. The molecule has 0 atom stereocenters. The van der Waals surface area contributed by atoms with Crippen molar-refractivity contribution in [2.24, 2.45) is 0 Å². The van der Waals surface area contributed by atoms with Crippen LogP contribution in [-0.2, 0) is 9.13 Å². The standard InChI is InChI=1S/C2H5N3O6P2/c6-12(7,8)1-2(4-5-3-1)13(9,10)11/h(H,3,4,5)(H2,6,7,8)(H2,9,10,11). The molecule has 74 valence electrons. The minimum Gasteiger partial charge on any atom is -0.320 e. The van der Waals surface area contributed by atoms with Gasteiger partial charge in [-0.3, -0.25) is 9.13 Å². The molecule has 1 aromatic heterocycles. The number of aromatic amines is 1. The average molecular weight is 229 g/mol. The minimum atomic E-state index is -4.80. The van der Waals surface area contributed by atoms with Crippen LogP contribution in [0.4, 0.5) is 0 Å². The Hall–Kier alpha value is -0.560. The second-order valence-electron chi connectivity index (χ2n) is 2.07. The summed E-state index contributed by atoms with van der Waals surface area (Å²) in [6, 6.07) is 0. The van der Waals surface area contributed by atoms with Gasteiger partial charge in [0, 0.05) is 0 Å². The number of nitrogens with one attached hydrogen (secondary N) is 1. The molecule has 0 unspecified atom stereocenters. The minimum absolute atomic E-state index is 0.958. The predicted molar refractivity (Wildman–Crippen MR) is 39.7 cm³/mol. The van der Waals surface area contributed by atoms with Crippen LogP contribution >= 0.6 is 15.2 Å². The van der Waals surface area contributed by atoms with Crippen LogP contribution in [0.2, 0.25) is 0 Å². The van der Waals surface area contributed by atoms with E-state index < -0.39 is 26.1 Å². The van der Waals surface area contributed by atoms with Crippen LogP contribution in [0, 0.1) is 0 Å². The van der Waals surface area contributed by atoms with Gasteiger partial charge in [0.05, 0.1) is 0 Å². The Bertz CT molecular complexity index is 363. The molecular weight excluding hydrogens is 224 g/mol. The van der Waals surface area contributed by atoms with Crippen molar-refractivity contribution in [3.63, 3.8) is 0 Å². The van der Waals surface area contributed by atoms with Crippen molar-refractivity contribution in [2.75, 3.05) is 0 Å². The fourth-order valence-electron chi connectivity index (χ4n) is 0.609. The summed E-state index contributed by atoms with van der Waals surface area (Å²) in [6.07, 6.45) is 0. The van der Waals surface area contributed by atoms with Crippen molar-refractivity contribution in [1.29, 1.82) is 0 Å². The van der Waals surface area contributed by atoms with Crippen molar-refractivity contribution in [3.8, 4) is 0 Å². The summed E-state index contributed by atoms with van der Waals surface area (Å²) < 4.78 is 21.2. The van der Waals surface area contributed by atoms with Gasteiger partial charge in [0.25, 0.3) is 0 Å². The van der Waals surface area contributed by atoms with Gasteiger partial charge in [-0.1, -0.05) is 5.21 Å². The highest BCUT2D eigenvalue weighted by atomic mass is 31.2. The highest BCUT2D eigenvalue weighted by molar-refractivity contribution is 7.66. The first-order chi connectivity index (χ1) is 5.73. The molecule has 0 aliphatic heterocycles. The van der Waals surface area contributed by atoms with Gasteiger partial charge < -0.3 is 19.6 Å². The molecule has 13 heavy (non-hydrogen) atoms. The van der Waals surface area contributed by atoms with Crippen LogP contribution in [0.1, 0.15) is 0 Å². The molecule has 5 N–H and O–H groups in total. The molecule has 11 heteroatoms. The lowest BCUT2D eigenvalue weighted by molar-refractivity contribution is 0.380. The van der Waals surface area contributed by atoms with Crippen molar-refractivity contribution >= 4 is 26.1 Å². The van der Waals surface area contributed by atoms with Gasteiger partial charge in [0.15, 0.2) is 5.44 Å². The number of rotatable bonds is 2.